The Hall–Kier alpha value is -1.26. The van der Waals surface area contributed by atoms with Crippen molar-refractivity contribution in [1.29, 1.82) is 0 Å². The smallest absolute Gasteiger partial charge is 0.408 e. The Labute approximate surface area is 108 Å². The van der Waals surface area contributed by atoms with E-state index in [4.69, 9.17) is 4.74 Å². The second-order valence-electron chi connectivity index (χ2n) is 6.10. The SMILES string of the molecule is CC(C)(C)OC(=O)N[C@H]1CC[C@H]2CCCN2C1=O. The highest BCUT2D eigenvalue weighted by Crippen LogP contribution is 2.27. The maximum Gasteiger partial charge on any atom is 0.408 e. The van der Waals surface area contributed by atoms with Gasteiger partial charge in [-0.1, -0.05) is 0 Å². The largest absolute Gasteiger partial charge is 0.444 e. The molecule has 0 aromatic carbocycles. The molecule has 5 nitrogen and oxygen atoms in total. The van der Waals surface area contributed by atoms with E-state index in [1.807, 2.05) is 25.7 Å². The fourth-order valence-electron chi connectivity index (χ4n) is 2.69. The maximum atomic E-state index is 12.2. The number of amides is 2. The van der Waals surface area contributed by atoms with Crippen LogP contribution in [0.15, 0.2) is 0 Å². The number of hydrogen-bond donors (Lipinski definition) is 1. The zero-order chi connectivity index (χ0) is 13.3. The van der Waals surface area contributed by atoms with E-state index in [-0.39, 0.29) is 5.91 Å². The van der Waals surface area contributed by atoms with E-state index in [2.05, 4.69) is 5.32 Å². The van der Waals surface area contributed by atoms with Crippen LogP contribution in [0, 0.1) is 0 Å². The zero-order valence-electron chi connectivity index (χ0n) is 11.4. The monoisotopic (exact) mass is 254 g/mol. The van der Waals surface area contributed by atoms with E-state index in [1.165, 1.54) is 0 Å². The first-order chi connectivity index (χ1) is 8.37. The molecule has 0 aromatic heterocycles. The summed E-state index contributed by atoms with van der Waals surface area (Å²) in [6.45, 7) is 6.26. The molecule has 0 aromatic rings. The Morgan fingerprint density at radius 2 is 2.06 bits per heavy atom. The number of hydrogen-bond acceptors (Lipinski definition) is 3. The molecule has 2 atom stereocenters. The Morgan fingerprint density at radius 3 is 2.72 bits per heavy atom. The Morgan fingerprint density at radius 1 is 1.33 bits per heavy atom. The third-order valence-electron chi connectivity index (χ3n) is 3.44. The molecule has 102 valence electrons. The van der Waals surface area contributed by atoms with Crippen LogP contribution in [0.25, 0.3) is 0 Å². The average molecular weight is 254 g/mol. The van der Waals surface area contributed by atoms with Gasteiger partial charge in [0.15, 0.2) is 0 Å². The first kappa shape index (κ1) is 13.2. The van der Waals surface area contributed by atoms with E-state index >= 15 is 0 Å². The molecule has 2 heterocycles. The van der Waals surface area contributed by atoms with E-state index in [0.29, 0.717) is 6.04 Å². The fourth-order valence-corrected chi connectivity index (χ4v) is 2.69. The summed E-state index contributed by atoms with van der Waals surface area (Å²) in [5, 5.41) is 2.69. The molecule has 0 saturated carbocycles. The lowest BCUT2D eigenvalue weighted by Gasteiger charge is -2.35. The normalized spacial score (nSPS) is 27.9. The van der Waals surface area contributed by atoms with Gasteiger partial charge in [0.1, 0.15) is 11.6 Å². The molecule has 2 aliphatic rings. The molecule has 0 bridgehead atoms. The number of carbonyl (C=O) groups is 2. The van der Waals surface area contributed by atoms with Gasteiger partial charge in [0, 0.05) is 12.6 Å². The van der Waals surface area contributed by atoms with Crippen molar-refractivity contribution in [2.75, 3.05) is 6.54 Å². The molecule has 5 heteroatoms. The van der Waals surface area contributed by atoms with E-state index in [0.717, 1.165) is 32.2 Å². The standard InChI is InChI=1S/C13H22N2O3/c1-13(2,3)18-12(17)14-10-7-6-9-5-4-8-15(9)11(10)16/h9-10H,4-8H2,1-3H3,(H,14,17)/t9-,10+/m1/s1. The molecule has 0 unspecified atom stereocenters. The molecule has 0 aliphatic carbocycles. The minimum absolute atomic E-state index is 0.0506. The highest BCUT2D eigenvalue weighted by molar-refractivity contribution is 5.86. The van der Waals surface area contributed by atoms with Crippen molar-refractivity contribution >= 4 is 12.0 Å². The van der Waals surface area contributed by atoms with Gasteiger partial charge in [-0.15, -0.1) is 0 Å². The third-order valence-corrected chi connectivity index (χ3v) is 3.44. The van der Waals surface area contributed by atoms with E-state index in [9.17, 15) is 9.59 Å². The minimum Gasteiger partial charge on any atom is -0.444 e. The molecule has 2 rings (SSSR count). The van der Waals surface area contributed by atoms with Crippen LogP contribution in [0.1, 0.15) is 46.5 Å². The van der Waals surface area contributed by atoms with Crippen LogP contribution in [-0.2, 0) is 9.53 Å². The van der Waals surface area contributed by atoms with Crippen LogP contribution in [0.4, 0.5) is 4.79 Å². The summed E-state index contributed by atoms with van der Waals surface area (Å²) in [7, 11) is 0. The number of carbonyl (C=O) groups excluding carboxylic acids is 2. The lowest BCUT2D eigenvalue weighted by atomic mass is 9.98. The van der Waals surface area contributed by atoms with Crippen molar-refractivity contribution < 1.29 is 14.3 Å². The Kier molecular flexibility index (Phi) is 3.50. The summed E-state index contributed by atoms with van der Waals surface area (Å²) in [4.78, 5) is 25.7. The summed E-state index contributed by atoms with van der Waals surface area (Å²) >= 11 is 0. The van der Waals surface area contributed by atoms with Gasteiger partial charge >= 0.3 is 6.09 Å². The number of rotatable bonds is 1. The van der Waals surface area contributed by atoms with Crippen LogP contribution in [0.5, 0.6) is 0 Å². The summed E-state index contributed by atoms with van der Waals surface area (Å²) in [5.74, 6) is 0.0506. The topological polar surface area (TPSA) is 58.6 Å². The number of nitrogens with one attached hydrogen (secondary N) is 1. The van der Waals surface area contributed by atoms with Crippen molar-refractivity contribution in [2.45, 2.75) is 64.1 Å². The van der Waals surface area contributed by atoms with Crippen LogP contribution in [0.3, 0.4) is 0 Å². The van der Waals surface area contributed by atoms with Crippen LogP contribution in [-0.4, -0.2) is 41.1 Å². The average Bonchev–Trinajstić information content (AvgIpc) is 2.68. The number of fused-ring (bicyclic) bond motifs is 1. The fraction of sp³-hybridized carbons (Fsp3) is 0.846. The first-order valence-corrected chi connectivity index (χ1v) is 6.67. The number of ether oxygens (including phenoxy) is 1. The van der Waals surface area contributed by atoms with E-state index in [1.54, 1.807) is 0 Å². The molecule has 0 radical (unpaired) electrons. The summed E-state index contributed by atoms with van der Waals surface area (Å²) in [6, 6.07) is -0.0108. The van der Waals surface area contributed by atoms with Gasteiger partial charge in [-0.25, -0.2) is 4.79 Å². The van der Waals surface area contributed by atoms with Gasteiger partial charge < -0.3 is 15.0 Å². The highest BCUT2D eigenvalue weighted by atomic mass is 16.6. The second kappa shape index (κ2) is 4.78. The lowest BCUT2D eigenvalue weighted by Crippen LogP contribution is -2.54. The second-order valence-corrected chi connectivity index (χ2v) is 6.10. The molecule has 2 fully saturated rings. The van der Waals surface area contributed by atoms with E-state index < -0.39 is 17.7 Å². The lowest BCUT2D eigenvalue weighted by molar-refractivity contribution is -0.137. The van der Waals surface area contributed by atoms with Crippen molar-refractivity contribution in [1.82, 2.24) is 10.2 Å². The first-order valence-electron chi connectivity index (χ1n) is 6.67. The summed E-state index contributed by atoms with van der Waals surface area (Å²) < 4.78 is 5.18. The quantitative estimate of drug-likeness (QED) is 0.774. The molecule has 0 spiro atoms. The van der Waals surface area contributed by atoms with Crippen molar-refractivity contribution in [3.05, 3.63) is 0 Å². The number of alkyl carbamates (subject to hydrolysis) is 1. The third kappa shape index (κ3) is 2.94. The van der Waals surface area contributed by atoms with Crippen molar-refractivity contribution in [2.24, 2.45) is 0 Å². The predicted molar refractivity (Wildman–Crippen MR) is 67.1 cm³/mol. The van der Waals surface area contributed by atoms with Crippen LogP contribution < -0.4 is 5.32 Å². The van der Waals surface area contributed by atoms with Gasteiger partial charge in [-0.05, 0) is 46.5 Å². The highest BCUT2D eigenvalue weighted by Gasteiger charge is 2.38. The molecular weight excluding hydrogens is 232 g/mol. The number of nitrogens with zero attached hydrogens (tertiary/aromatic N) is 1. The summed E-state index contributed by atoms with van der Waals surface area (Å²) in [5.41, 5.74) is -0.530. The Balaban J connectivity index is 1.90. The van der Waals surface area contributed by atoms with Crippen LogP contribution >= 0.6 is 0 Å². The van der Waals surface area contributed by atoms with Gasteiger partial charge in [-0.3, -0.25) is 4.79 Å². The molecule has 2 saturated heterocycles. The molecule has 2 aliphatic heterocycles. The van der Waals surface area contributed by atoms with Gasteiger partial charge in [0.2, 0.25) is 5.91 Å². The van der Waals surface area contributed by atoms with Crippen molar-refractivity contribution in [3.63, 3.8) is 0 Å². The maximum absolute atomic E-state index is 12.2. The molecular formula is C13H22N2O3. The van der Waals surface area contributed by atoms with Crippen LogP contribution in [0.2, 0.25) is 0 Å². The zero-order valence-corrected chi connectivity index (χ0v) is 11.4. The predicted octanol–water partition coefficient (Wildman–Crippen LogP) is 1.66. The molecule has 18 heavy (non-hydrogen) atoms. The summed E-state index contributed by atoms with van der Waals surface area (Å²) in [6.07, 6.45) is 3.38. The Bertz CT molecular complexity index is 349. The number of piperidine rings is 1. The van der Waals surface area contributed by atoms with Crippen molar-refractivity contribution in [3.8, 4) is 0 Å². The van der Waals surface area contributed by atoms with Gasteiger partial charge in [0.25, 0.3) is 0 Å². The molecule has 1 N–H and O–H groups in total. The molecule has 2 amide bonds. The van der Waals surface area contributed by atoms with Gasteiger partial charge in [-0.2, -0.15) is 0 Å². The van der Waals surface area contributed by atoms with Gasteiger partial charge in [0.05, 0.1) is 0 Å². The minimum atomic E-state index is -0.530.